The normalized spacial score (nSPS) is 16.8. The molecule has 0 aliphatic carbocycles. The zero-order valence-electron chi connectivity index (χ0n) is 13.1. The minimum Gasteiger partial charge on any atom is -0.446 e. The van der Waals surface area contributed by atoms with Crippen LogP contribution in [0.2, 0.25) is 0 Å². The molecule has 1 amide bonds. The average Bonchev–Trinajstić information content (AvgIpc) is 3.08. The Labute approximate surface area is 139 Å². The largest absolute Gasteiger partial charge is 0.446 e. The van der Waals surface area contributed by atoms with Crippen LogP contribution in [0.25, 0.3) is 10.8 Å². The molecule has 0 unspecified atom stereocenters. The van der Waals surface area contributed by atoms with Crippen LogP contribution in [-0.2, 0) is 9.53 Å². The van der Waals surface area contributed by atoms with E-state index in [0.717, 1.165) is 21.9 Å². The Morgan fingerprint density at radius 3 is 2.54 bits per heavy atom. The van der Waals surface area contributed by atoms with Crippen molar-refractivity contribution < 1.29 is 9.53 Å². The predicted octanol–water partition coefficient (Wildman–Crippen LogP) is 3.47. The maximum Gasteiger partial charge on any atom is 0.243 e. The molecule has 1 aliphatic rings. The van der Waals surface area contributed by atoms with Crippen LogP contribution < -0.4 is 0 Å². The lowest BCUT2D eigenvalue weighted by Crippen LogP contribution is -2.25. The van der Waals surface area contributed by atoms with Gasteiger partial charge in [0.1, 0.15) is 0 Å². The Morgan fingerprint density at radius 1 is 1.04 bits per heavy atom. The van der Waals surface area contributed by atoms with Crippen molar-refractivity contribution in [3.63, 3.8) is 0 Å². The van der Waals surface area contributed by atoms with Gasteiger partial charge in [-0.05, 0) is 35.0 Å². The smallest absolute Gasteiger partial charge is 0.243 e. The van der Waals surface area contributed by atoms with Gasteiger partial charge in [-0.25, -0.2) is 0 Å². The second-order valence-electron chi connectivity index (χ2n) is 5.58. The molecule has 0 fully saturated rings. The number of hydrogen-bond donors (Lipinski definition) is 0. The van der Waals surface area contributed by atoms with Gasteiger partial charge in [0.15, 0.2) is 0 Å². The summed E-state index contributed by atoms with van der Waals surface area (Å²) in [5.41, 5.74) is 1.68. The monoisotopic (exact) mass is 317 g/mol. The van der Waals surface area contributed by atoms with Crippen molar-refractivity contribution in [2.45, 2.75) is 13.2 Å². The number of hydrazone groups is 1. The second kappa shape index (κ2) is 5.77. The van der Waals surface area contributed by atoms with Gasteiger partial charge in [0, 0.05) is 30.4 Å². The SMILES string of the molecule is CC(=O)N1N=C(c2ccc3ccccc3c2)O[C@@H]1c1ccncc1. The zero-order chi connectivity index (χ0) is 16.5. The standard InChI is InChI=1S/C19H15N3O2/c1-13(23)22-19(15-8-10-20-11-9-15)24-18(21-22)17-7-6-14-4-2-3-5-16(14)12-17/h2-12,19H,1H3/t19-/m1/s1. The summed E-state index contributed by atoms with van der Waals surface area (Å²) in [6.07, 6.45) is 2.78. The summed E-state index contributed by atoms with van der Waals surface area (Å²) in [5, 5.41) is 7.99. The fourth-order valence-corrected chi connectivity index (χ4v) is 2.75. The van der Waals surface area contributed by atoms with E-state index < -0.39 is 6.23 Å². The number of aromatic nitrogens is 1. The first-order valence-electron chi connectivity index (χ1n) is 7.66. The molecule has 2 aromatic carbocycles. The quantitative estimate of drug-likeness (QED) is 0.727. The number of carbonyl (C=O) groups is 1. The van der Waals surface area contributed by atoms with Gasteiger partial charge in [-0.15, -0.1) is 5.10 Å². The number of amides is 1. The maximum absolute atomic E-state index is 11.9. The zero-order valence-corrected chi connectivity index (χ0v) is 13.1. The van der Waals surface area contributed by atoms with E-state index in [9.17, 15) is 4.79 Å². The molecule has 24 heavy (non-hydrogen) atoms. The second-order valence-corrected chi connectivity index (χ2v) is 5.58. The van der Waals surface area contributed by atoms with Crippen LogP contribution in [-0.4, -0.2) is 21.8 Å². The molecule has 4 rings (SSSR count). The summed E-state index contributed by atoms with van der Waals surface area (Å²) in [5.74, 6) is 0.269. The molecule has 0 radical (unpaired) electrons. The average molecular weight is 317 g/mol. The van der Waals surface area contributed by atoms with Gasteiger partial charge in [0.2, 0.25) is 18.0 Å². The van der Waals surface area contributed by atoms with Crippen LogP contribution >= 0.6 is 0 Å². The molecule has 2 heterocycles. The summed E-state index contributed by atoms with van der Waals surface area (Å²) in [6, 6.07) is 17.7. The van der Waals surface area contributed by atoms with Crippen molar-refractivity contribution in [1.29, 1.82) is 0 Å². The van der Waals surface area contributed by atoms with E-state index in [2.05, 4.69) is 16.2 Å². The lowest BCUT2D eigenvalue weighted by Gasteiger charge is -2.18. The Bertz CT molecular complexity index is 938. The van der Waals surface area contributed by atoms with E-state index >= 15 is 0 Å². The minimum atomic E-state index is -0.563. The molecule has 5 nitrogen and oxygen atoms in total. The number of ether oxygens (including phenoxy) is 1. The van der Waals surface area contributed by atoms with Crippen LogP contribution in [0.5, 0.6) is 0 Å². The Morgan fingerprint density at radius 2 is 1.79 bits per heavy atom. The molecule has 118 valence electrons. The fourth-order valence-electron chi connectivity index (χ4n) is 2.75. The van der Waals surface area contributed by atoms with Crippen LogP contribution in [0.4, 0.5) is 0 Å². The van der Waals surface area contributed by atoms with E-state index in [1.54, 1.807) is 12.4 Å². The Hall–Kier alpha value is -3.21. The first-order valence-corrected chi connectivity index (χ1v) is 7.66. The topological polar surface area (TPSA) is 54.8 Å². The Kier molecular flexibility index (Phi) is 3.46. The van der Waals surface area contributed by atoms with E-state index in [1.807, 2.05) is 48.5 Å². The Balaban J connectivity index is 1.72. The maximum atomic E-state index is 11.9. The molecule has 0 spiro atoms. The first-order chi connectivity index (χ1) is 11.7. The molecular weight excluding hydrogens is 302 g/mol. The highest BCUT2D eigenvalue weighted by Gasteiger charge is 2.32. The highest BCUT2D eigenvalue weighted by atomic mass is 16.5. The summed E-state index contributed by atoms with van der Waals surface area (Å²) < 4.78 is 5.98. The van der Waals surface area contributed by atoms with E-state index in [-0.39, 0.29) is 5.91 Å². The molecule has 0 saturated carbocycles. The summed E-state index contributed by atoms with van der Waals surface area (Å²) in [6.45, 7) is 1.48. The molecule has 0 saturated heterocycles. The fraction of sp³-hybridized carbons (Fsp3) is 0.105. The number of rotatable bonds is 2. The molecule has 0 N–H and O–H groups in total. The molecule has 3 aromatic rings. The van der Waals surface area contributed by atoms with Crippen LogP contribution in [0.1, 0.15) is 24.3 Å². The van der Waals surface area contributed by atoms with Gasteiger partial charge in [-0.3, -0.25) is 9.78 Å². The summed E-state index contributed by atoms with van der Waals surface area (Å²) in [4.78, 5) is 15.9. The highest BCUT2D eigenvalue weighted by molar-refractivity contribution is 6.00. The van der Waals surface area contributed by atoms with Gasteiger partial charge in [-0.2, -0.15) is 5.01 Å². The first kappa shape index (κ1) is 14.4. The number of carbonyl (C=O) groups excluding carboxylic acids is 1. The van der Waals surface area contributed by atoms with Crippen molar-refractivity contribution in [3.8, 4) is 0 Å². The van der Waals surface area contributed by atoms with Gasteiger partial charge in [0.25, 0.3) is 0 Å². The molecule has 1 aromatic heterocycles. The number of pyridine rings is 1. The van der Waals surface area contributed by atoms with Gasteiger partial charge >= 0.3 is 0 Å². The van der Waals surface area contributed by atoms with Crippen LogP contribution in [0.3, 0.4) is 0 Å². The van der Waals surface area contributed by atoms with Crippen molar-refractivity contribution >= 4 is 22.6 Å². The lowest BCUT2D eigenvalue weighted by atomic mass is 10.1. The number of hydrogen-bond acceptors (Lipinski definition) is 4. The molecule has 1 aliphatic heterocycles. The van der Waals surface area contributed by atoms with E-state index in [1.165, 1.54) is 11.9 Å². The van der Waals surface area contributed by atoms with Gasteiger partial charge < -0.3 is 4.74 Å². The van der Waals surface area contributed by atoms with E-state index in [4.69, 9.17) is 4.74 Å². The minimum absolute atomic E-state index is 0.174. The van der Waals surface area contributed by atoms with Gasteiger partial charge in [0.05, 0.1) is 0 Å². The van der Waals surface area contributed by atoms with Crippen molar-refractivity contribution in [2.24, 2.45) is 5.10 Å². The van der Waals surface area contributed by atoms with Crippen LogP contribution in [0.15, 0.2) is 72.1 Å². The highest BCUT2D eigenvalue weighted by Crippen LogP contribution is 2.30. The number of nitrogens with zero attached hydrogens (tertiary/aromatic N) is 3. The van der Waals surface area contributed by atoms with Gasteiger partial charge in [-0.1, -0.05) is 30.3 Å². The molecular formula is C19H15N3O2. The predicted molar refractivity (Wildman–Crippen MR) is 91.1 cm³/mol. The third-order valence-corrected chi connectivity index (χ3v) is 3.95. The third kappa shape index (κ3) is 2.50. The van der Waals surface area contributed by atoms with Crippen molar-refractivity contribution in [1.82, 2.24) is 9.99 Å². The van der Waals surface area contributed by atoms with E-state index in [0.29, 0.717) is 5.90 Å². The molecule has 5 heteroatoms. The lowest BCUT2D eigenvalue weighted by molar-refractivity contribution is -0.135. The summed E-state index contributed by atoms with van der Waals surface area (Å²) >= 11 is 0. The molecule has 0 bridgehead atoms. The van der Waals surface area contributed by atoms with Crippen molar-refractivity contribution in [3.05, 3.63) is 78.1 Å². The molecule has 1 atom stereocenters. The number of fused-ring (bicyclic) bond motifs is 1. The number of benzene rings is 2. The van der Waals surface area contributed by atoms with Crippen molar-refractivity contribution in [2.75, 3.05) is 0 Å². The third-order valence-electron chi connectivity index (χ3n) is 3.95. The summed E-state index contributed by atoms with van der Waals surface area (Å²) in [7, 11) is 0. The van der Waals surface area contributed by atoms with Crippen LogP contribution in [0, 0.1) is 0 Å².